The van der Waals surface area contributed by atoms with Gasteiger partial charge in [0.05, 0.1) is 7.11 Å². The molecule has 3 aromatic carbocycles. The van der Waals surface area contributed by atoms with Crippen LogP contribution in [0.25, 0.3) is 0 Å². The number of methoxy groups -OCH3 is 1. The van der Waals surface area contributed by atoms with Crippen molar-refractivity contribution in [3.05, 3.63) is 89.5 Å². The molecule has 1 aliphatic rings. The zero-order chi connectivity index (χ0) is 25.9. The summed E-state index contributed by atoms with van der Waals surface area (Å²) in [6.45, 7) is 8.46. The van der Waals surface area contributed by atoms with Crippen LogP contribution in [-0.4, -0.2) is 80.6 Å². The van der Waals surface area contributed by atoms with Crippen LogP contribution in [0.15, 0.2) is 72.8 Å². The fourth-order valence-electron chi connectivity index (χ4n) is 4.69. The summed E-state index contributed by atoms with van der Waals surface area (Å²) in [7, 11) is 1.69. The summed E-state index contributed by atoms with van der Waals surface area (Å²) in [5.41, 5.74) is 3.60. The SMILES string of the molecule is COc1cccc(CCc2ccccc2OCC(O)CN2CCN(CCOc3cccc(C)c3)CC2)c1.Cl. The van der Waals surface area contributed by atoms with Crippen molar-refractivity contribution in [2.24, 2.45) is 0 Å². The summed E-state index contributed by atoms with van der Waals surface area (Å²) in [4.78, 5) is 4.74. The average Bonchev–Trinajstić information content (AvgIpc) is 2.92. The van der Waals surface area contributed by atoms with Crippen molar-refractivity contribution in [3.8, 4) is 17.2 Å². The van der Waals surface area contributed by atoms with E-state index in [0.717, 1.165) is 68.4 Å². The molecule has 0 bridgehead atoms. The zero-order valence-electron chi connectivity index (χ0n) is 22.6. The van der Waals surface area contributed by atoms with Gasteiger partial charge in [-0.3, -0.25) is 9.80 Å². The van der Waals surface area contributed by atoms with Crippen LogP contribution in [0.1, 0.15) is 16.7 Å². The van der Waals surface area contributed by atoms with Gasteiger partial charge < -0.3 is 19.3 Å². The van der Waals surface area contributed by atoms with E-state index in [0.29, 0.717) is 19.8 Å². The molecule has 1 saturated heterocycles. The Bertz CT molecular complexity index is 1100. The van der Waals surface area contributed by atoms with Gasteiger partial charge in [-0.15, -0.1) is 12.4 Å². The Balaban J connectivity index is 0.00000400. The van der Waals surface area contributed by atoms with Crippen molar-refractivity contribution in [2.45, 2.75) is 25.9 Å². The molecule has 0 radical (unpaired) electrons. The van der Waals surface area contributed by atoms with Gasteiger partial charge in [-0.1, -0.05) is 42.5 Å². The number of benzene rings is 3. The number of hydrogen-bond donors (Lipinski definition) is 1. The quantitative estimate of drug-likeness (QED) is 0.341. The molecule has 206 valence electrons. The molecule has 1 unspecified atom stereocenters. The first kappa shape index (κ1) is 29.8. The molecule has 1 fully saturated rings. The largest absolute Gasteiger partial charge is 0.497 e. The highest BCUT2D eigenvalue weighted by Gasteiger charge is 2.19. The van der Waals surface area contributed by atoms with E-state index in [1.807, 2.05) is 42.5 Å². The number of ether oxygens (including phenoxy) is 3. The molecule has 38 heavy (non-hydrogen) atoms. The van der Waals surface area contributed by atoms with Crippen LogP contribution in [-0.2, 0) is 12.8 Å². The normalized spacial score (nSPS) is 14.9. The average molecular weight is 541 g/mol. The first-order valence-electron chi connectivity index (χ1n) is 13.2. The Morgan fingerprint density at radius 3 is 2.34 bits per heavy atom. The highest BCUT2D eigenvalue weighted by Crippen LogP contribution is 2.22. The van der Waals surface area contributed by atoms with E-state index < -0.39 is 6.10 Å². The lowest BCUT2D eigenvalue weighted by atomic mass is 10.0. The van der Waals surface area contributed by atoms with Gasteiger partial charge >= 0.3 is 0 Å². The first-order chi connectivity index (χ1) is 18.1. The number of para-hydroxylation sites is 1. The first-order valence-corrected chi connectivity index (χ1v) is 13.2. The van der Waals surface area contributed by atoms with Crippen molar-refractivity contribution in [1.82, 2.24) is 9.80 Å². The van der Waals surface area contributed by atoms with Crippen LogP contribution in [0.5, 0.6) is 17.2 Å². The third-order valence-corrected chi connectivity index (χ3v) is 6.82. The molecular formula is C31H41ClN2O4. The topological polar surface area (TPSA) is 54.4 Å². The summed E-state index contributed by atoms with van der Waals surface area (Å²) in [6, 6.07) is 24.5. The molecule has 0 spiro atoms. The van der Waals surface area contributed by atoms with Gasteiger partial charge in [0.1, 0.15) is 36.6 Å². The van der Waals surface area contributed by atoms with Gasteiger partial charge in [0, 0.05) is 39.3 Å². The van der Waals surface area contributed by atoms with Gasteiger partial charge in [0.2, 0.25) is 0 Å². The van der Waals surface area contributed by atoms with E-state index in [-0.39, 0.29) is 12.4 Å². The number of rotatable bonds is 13. The van der Waals surface area contributed by atoms with Crippen molar-refractivity contribution < 1.29 is 19.3 Å². The second kappa shape index (κ2) is 15.6. The lowest BCUT2D eigenvalue weighted by molar-refractivity contribution is 0.0434. The molecule has 7 heteroatoms. The number of aliphatic hydroxyl groups excluding tert-OH is 1. The molecule has 1 aliphatic heterocycles. The second-order valence-electron chi connectivity index (χ2n) is 9.73. The molecule has 0 saturated carbocycles. The highest BCUT2D eigenvalue weighted by atomic mass is 35.5. The number of β-amino-alcohol motifs (C(OH)–C–C–N with tert-alkyl or cyclic N) is 1. The smallest absolute Gasteiger partial charge is 0.122 e. The molecule has 1 heterocycles. The summed E-state index contributed by atoms with van der Waals surface area (Å²) in [6.07, 6.45) is 1.25. The minimum absolute atomic E-state index is 0. The molecule has 0 aliphatic carbocycles. The number of nitrogens with zero attached hydrogens (tertiary/aromatic N) is 2. The van der Waals surface area contributed by atoms with Gasteiger partial charge in [-0.25, -0.2) is 0 Å². The lowest BCUT2D eigenvalue weighted by Gasteiger charge is -2.35. The van der Waals surface area contributed by atoms with E-state index in [2.05, 4.69) is 47.1 Å². The minimum Gasteiger partial charge on any atom is -0.497 e. The van der Waals surface area contributed by atoms with E-state index in [9.17, 15) is 5.11 Å². The molecule has 1 N–H and O–H groups in total. The van der Waals surface area contributed by atoms with Crippen molar-refractivity contribution >= 4 is 12.4 Å². The molecular weight excluding hydrogens is 500 g/mol. The number of halogens is 1. The van der Waals surface area contributed by atoms with Gasteiger partial charge in [-0.05, 0) is 66.8 Å². The third kappa shape index (κ3) is 9.52. The second-order valence-corrected chi connectivity index (χ2v) is 9.73. The monoisotopic (exact) mass is 540 g/mol. The predicted octanol–water partition coefficient (Wildman–Crippen LogP) is 4.65. The van der Waals surface area contributed by atoms with Crippen molar-refractivity contribution in [3.63, 3.8) is 0 Å². The Kier molecular flexibility index (Phi) is 12.2. The van der Waals surface area contributed by atoms with E-state index in [1.54, 1.807) is 7.11 Å². The number of aryl methyl sites for hydroxylation is 3. The molecule has 1 atom stereocenters. The van der Waals surface area contributed by atoms with E-state index in [1.165, 1.54) is 11.1 Å². The van der Waals surface area contributed by atoms with Crippen LogP contribution in [0.4, 0.5) is 0 Å². The van der Waals surface area contributed by atoms with Crippen LogP contribution >= 0.6 is 12.4 Å². The van der Waals surface area contributed by atoms with Crippen molar-refractivity contribution in [1.29, 1.82) is 0 Å². The molecule has 6 nitrogen and oxygen atoms in total. The van der Waals surface area contributed by atoms with Gasteiger partial charge in [-0.2, -0.15) is 0 Å². The van der Waals surface area contributed by atoms with Crippen LogP contribution in [0.3, 0.4) is 0 Å². The van der Waals surface area contributed by atoms with E-state index in [4.69, 9.17) is 14.2 Å². The molecule has 3 aromatic rings. The standard InChI is InChI=1S/C31H40N2O4.ClH/c1-25-7-5-11-30(21-25)36-20-19-32-15-17-33(18-16-32)23-28(34)24-37-31-12-4-3-9-27(31)14-13-26-8-6-10-29(22-26)35-2;/h3-12,21-22,28,34H,13-20,23-24H2,1-2H3;1H. The van der Waals surface area contributed by atoms with E-state index >= 15 is 0 Å². The maximum atomic E-state index is 10.7. The summed E-state index contributed by atoms with van der Waals surface area (Å²) in [5.74, 6) is 2.66. The maximum absolute atomic E-state index is 10.7. The Morgan fingerprint density at radius 2 is 1.55 bits per heavy atom. The Hall–Kier alpha value is -2.77. The van der Waals surface area contributed by atoms with Gasteiger partial charge in [0.15, 0.2) is 0 Å². The summed E-state index contributed by atoms with van der Waals surface area (Å²) < 4.78 is 17.3. The number of hydrogen-bond acceptors (Lipinski definition) is 6. The van der Waals surface area contributed by atoms with Crippen LogP contribution < -0.4 is 14.2 Å². The fraction of sp³-hybridized carbons (Fsp3) is 0.419. The van der Waals surface area contributed by atoms with Gasteiger partial charge in [0.25, 0.3) is 0 Å². The highest BCUT2D eigenvalue weighted by molar-refractivity contribution is 5.85. The summed E-state index contributed by atoms with van der Waals surface area (Å²) >= 11 is 0. The fourth-order valence-corrected chi connectivity index (χ4v) is 4.69. The Morgan fingerprint density at radius 1 is 0.816 bits per heavy atom. The van der Waals surface area contributed by atoms with Crippen LogP contribution in [0.2, 0.25) is 0 Å². The Labute approximate surface area is 233 Å². The molecule has 0 aromatic heterocycles. The third-order valence-electron chi connectivity index (χ3n) is 6.82. The number of aliphatic hydroxyl groups is 1. The zero-order valence-corrected chi connectivity index (χ0v) is 23.4. The number of piperazine rings is 1. The minimum atomic E-state index is -0.525. The predicted molar refractivity (Wildman–Crippen MR) is 155 cm³/mol. The van der Waals surface area contributed by atoms with Crippen LogP contribution in [0, 0.1) is 6.92 Å². The molecule has 0 amide bonds. The maximum Gasteiger partial charge on any atom is 0.122 e. The van der Waals surface area contributed by atoms with Crippen molar-refractivity contribution in [2.75, 3.05) is 59.6 Å². The molecule has 4 rings (SSSR count). The lowest BCUT2D eigenvalue weighted by Crippen LogP contribution is -2.50. The summed E-state index contributed by atoms with van der Waals surface area (Å²) in [5, 5.41) is 10.7.